The summed E-state index contributed by atoms with van der Waals surface area (Å²) < 4.78 is 9.32. The van der Waals surface area contributed by atoms with Crippen LogP contribution in [-0.2, 0) is 6.54 Å². The lowest BCUT2D eigenvalue weighted by molar-refractivity contribution is 0.409. The van der Waals surface area contributed by atoms with Crippen molar-refractivity contribution in [1.82, 2.24) is 24.1 Å². The van der Waals surface area contributed by atoms with Gasteiger partial charge in [-0.2, -0.15) is 0 Å². The summed E-state index contributed by atoms with van der Waals surface area (Å²) in [6, 6.07) is 15.6. The molecule has 5 aromatic rings. The minimum atomic E-state index is -0.0739. The number of fused-ring (bicyclic) bond motifs is 4. The minimum Gasteiger partial charge on any atom is -0.496 e. The molecule has 32 heavy (non-hydrogen) atoms. The number of ether oxygens (including phenoxy) is 1. The molecule has 0 saturated carbocycles. The van der Waals surface area contributed by atoms with Gasteiger partial charge in [0.25, 0.3) is 5.56 Å². The van der Waals surface area contributed by atoms with E-state index in [2.05, 4.69) is 6.92 Å². The Kier molecular flexibility index (Phi) is 4.89. The van der Waals surface area contributed by atoms with Gasteiger partial charge >= 0.3 is 0 Å². The molecular weight excluding hydrogens is 402 g/mol. The maximum Gasteiger partial charge on any atom is 0.265 e. The van der Waals surface area contributed by atoms with Crippen LogP contribution in [0.1, 0.15) is 37.7 Å². The summed E-state index contributed by atoms with van der Waals surface area (Å²) in [6.07, 6.45) is 0.836. The Morgan fingerprint density at radius 1 is 0.969 bits per heavy atom. The first-order valence-electron chi connectivity index (χ1n) is 10.8. The first-order valence-corrected chi connectivity index (χ1v) is 10.8. The fourth-order valence-corrected chi connectivity index (χ4v) is 4.33. The van der Waals surface area contributed by atoms with E-state index in [1.807, 2.05) is 66.9 Å². The van der Waals surface area contributed by atoms with Gasteiger partial charge in [-0.05, 0) is 38.5 Å². The zero-order valence-electron chi connectivity index (χ0n) is 18.7. The molecule has 3 aromatic heterocycles. The van der Waals surface area contributed by atoms with Crippen molar-refractivity contribution < 1.29 is 4.74 Å². The van der Waals surface area contributed by atoms with Crippen LogP contribution in [0.5, 0.6) is 5.75 Å². The molecule has 0 fully saturated rings. The standard InChI is InChI=1S/C25H25N5O2/c1-5-15(2)30-16(3)26-23-21(25(30)31)22-24(28-19-12-8-7-11-18(19)27-22)29(23)14-17-10-6-9-13-20(17)32-4/h6-13,15H,5,14H2,1-4H3. The predicted molar refractivity (Wildman–Crippen MR) is 126 cm³/mol. The van der Waals surface area contributed by atoms with Gasteiger partial charge in [0.2, 0.25) is 0 Å². The third-order valence-corrected chi connectivity index (χ3v) is 6.13. The van der Waals surface area contributed by atoms with Crippen molar-refractivity contribution >= 4 is 33.2 Å². The highest BCUT2D eigenvalue weighted by atomic mass is 16.5. The highest BCUT2D eigenvalue weighted by Crippen LogP contribution is 2.29. The molecular formula is C25H25N5O2. The lowest BCUT2D eigenvalue weighted by Gasteiger charge is -2.16. The molecule has 1 atom stereocenters. The summed E-state index contributed by atoms with van der Waals surface area (Å²) in [5, 5.41) is 0.513. The average molecular weight is 428 g/mol. The van der Waals surface area contributed by atoms with Gasteiger partial charge in [0, 0.05) is 11.6 Å². The van der Waals surface area contributed by atoms with Crippen LogP contribution >= 0.6 is 0 Å². The molecule has 0 radical (unpaired) electrons. The van der Waals surface area contributed by atoms with Crippen molar-refractivity contribution in [2.75, 3.05) is 7.11 Å². The van der Waals surface area contributed by atoms with E-state index in [-0.39, 0.29) is 11.6 Å². The lowest BCUT2D eigenvalue weighted by atomic mass is 10.2. The number of aromatic nitrogens is 5. The summed E-state index contributed by atoms with van der Waals surface area (Å²) in [7, 11) is 1.66. The van der Waals surface area contributed by atoms with E-state index in [4.69, 9.17) is 19.7 Å². The number of para-hydroxylation sites is 3. The molecule has 162 valence electrons. The van der Waals surface area contributed by atoms with E-state index in [9.17, 15) is 4.79 Å². The number of benzene rings is 2. The molecule has 0 amide bonds. The van der Waals surface area contributed by atoms with Crippen LogP contribution in [0.25, 0.3) is 33.2 Å². The van der Waals surface area contributed by atoms with Crippen molar-refractivity contribution in [1.29, 1.82) is 0 Å². The van der Waals surface area contributed by atoms with Crippen LogP contribution < -0.4 is 10.3 Å². The monoisotopic (exact) mass is 427 g/mol. The van der Waals surface area contributed by atoms with E-state index in [1.165, 1.54) is 0 Å². The Balaban J connectivity index is 1.91. The van der Waals surface area contributed by atoms with Crippen molar-refractivity contribution in [3.63, 3.8) is 0 Å². The Morgan fingerprint density at radius 2 is 1.66 bits per heavy atom. The van der Waals surface area contributed by atoms with E-state index >= 15 is 0 Å². The lowest BCUT2D eigenvalue weighted by Crippen LogP contribution is -2.26. The third kappa shape index (κ3) is 3.04. The maximum absolute atomic E-state index is 13.7. The van der Waals surface area contributed by atoms with Gasteiger partial charge < -0.3 is 9.30 Å². The molecule has 0 bridgehead atoms. The summed E-state index contributed by atoms with van der Waals surface area (Å²) in [5.41, 5.74) is 4.28. The van der Waals surface area contributed by atoms with Gasteiger partial charge in [0.15, 0.2) is 11.3 Å². The summed E-state index contributed by atoms with van der Waals surface area (Å²) in [6.45, 7) is 6.46. The largest absolute Gasteiger partial charge is 0.496 e. The van der Waals surface area contributed by atoms with Gasteiger partial charge in [0.1, 0.15) is 22.5 Å². The first kappa shape index (κ1) is 20.2. The smallest absolute Gasteiger partial charge is 0.265 e. The quantitative estimate of drug-likeness (QED) is 0.409. The Labute approximate surface area is 185 Å². The number of methoxy groups -OCH3 is 1. The van der Waals surface area contributed by atoms with E-state index in [0.29, 0.717) is 34.6 Å². The Hall–Kier alpha value is -3.74. The van der Waals surface area contributed by atoms with Crippen LogP contribution in [0.2, 0.25) is 0 Å². The zero-order valence-corrected chi connectivity index (χ0v) is 18.7. The van der Waals surface area contributed by atoms with Crippen LogP contribution in [0, 0.1) is 6.92 Å². The Bertz CT molecular complexity index is 1530. The van der Waals surface area contributed by atoms with Crippen molar-refractivity contribution in [2.24, 2.45) is 0 Å². The SMILES string of the molecule is CCC(C)n1c(C)nc2c(c1=O)c1nc3ccccc3nc1n2Cc1ccccc1OC. The van der Waals surface area contributed by atoms with Crippen molar-refractivity contribution in [2.45, 2.75) is 39.8 Å². The second-order valence-corrected chi connectivity index (χ2v) is 8.07. The van der Waals surface area contributed by atoms with Crippen LogP contribution in [0.15, 0.2) is 53.3 Å². The van der Waals surface area contributed by atoms with Gasteiger partial charge in [-0.3, -0.25) is 9.36 Å². The van der Waals surface area contributed by atoms with Gasteiger partial charge in [0.05, 0.1) is 24.7 Å². The topological polar surface area (TPSA) is 74.8 Å². The molecule has 0 spiro atoms. The highest BCUT2D eigenvalue weighted by molar-refractivity contribution is 6.04. The van der Waals surface area contributed by atoms with E-state index in [0.717, 1.165) is 28.8 Å². The van der Waals surface area contributed by atoms with Crippen LogP contribution in [0.3, 0.4) is 0 Å². The number of rotatable bonds is 5. The van der Waals surface area contributed by atoms with Gasteiger partial charge in [-0.15, -0.1) is 0 Å². The Morgan fingerprint density at radius 3 is 2.38 bits per heavy atom. The fourth-order valence-electron chi connectivity index (χ4n) is 4.33. The molecule has 0 aliphatic heterocycles. The normalized spacial score (nSPS) is 12.6. The zero-order chi connectivity index (χ0) is 22.4. The number of aryl methyl sites for hydroxylation is 1. The fraction of sp³-hybridized carbons (Fsp3) is 0.280. The van der Waals surface area contributed by atoms with Crippen molar-refractivity contribution in [3.05, 3.63) is 70.3 Å². The first-order chi connectivity index (χ1) is 15.5. The summed E-state index contributed by atoms with van der Waals surface area (Å²) in [4.78, 5) is 28.4. The molecule has 7 heteroatoms. The molecule has 7 nitrogen and oxygen atoms in total. The third-order valence-electron chi connectivity index (χ3n) is 6.13. The predicted octanol–water partition coefficient (Wildman–Crippen LogP) is 4.63. The number of nitrogens with zero attached hydrogens (tertiary/aromatic N) is 5. The summed E-state index contributed by atoms with van der Waals surface area (Å²) in [5.74, 6) is 1.46. The second kappa shape index (κ2) is 7.75. The highest BCUT2D eigenvalue weighted by Gasteiger charge is 2.23. The molecule has 0 aliphatic carbocycles. The molecule has 0 N–H and O–H groups in total. The molecule has 3 heterocycles. The summed E-state index contributed by atoms with van der Waals surface area (Å²) >= 11 is 0. The molecule has 0 aliphatic rings. The van der Waals surface area contributed by atoms with E-state index in [1.54, 1.807) is 11.7 Å². The van der Waals surface area contributed by atoms with Gasteiger partial charge in [-0.25, -0.2) is 15.0 Å². The maximum atomic E-state index is 13.7. The second-order valence-electron chi connectivity index (χ2n) is 8.07. The van der Waals surface area contributed by atoms with Crippen LogP contribution in [0.4, 0.5) is 0 Å². The molecule has 2 aromatic carbocycles. The van der Waals surface area contributed by atoms with Crippen molar-refractivity contribution in [3.8, 4) is 5.75 Å². The molecule has 1 unspecified atom stereocenters. The van der Waals surface area contributed by atoms with E-state index < -0.39 is 0 Å². The molecule has 5 rings (SSSR count). The van der Waals surface area contributed by atoms with Gasteiger partial charge in [-0.1, -0.05) is 37.3 Å². The van der Waals surface area contributed by atoms with Crippen LogP contribution in [-0.4, -0.2) is 31.2 Å². The molecule has 0 saturated heterocycles. The number of hydrogen-bond donors (Lipinski definition) is 0. The minimum absolute atomic E-state index is 0.0421. The average Bonchev–Trinajstić information content (AvgIpc) is 3.10. The number of hydrogen-bond acceptors (Lipinski definition) is 5.